The van der Waals surface area contributed by atoms with Crippen LogP contribution >= 0.6 is 11.6 Å². The van der Waals surface area contributed by atoms with Gasteiger partial charge in [0.25, 0.3) is 0 Å². The highest BCUT2D eigenvalue weighted by Gasteiger charge is 2.33. The zero-order chi connectivity index (χ0) is 29.9. The monoisotopic (exact) mass is 596 g/mol. The van der Waals surface area contributed by atoms with Crippen LogP contribution in [0.4, 0.5) is 5.82 Å². The quantitative estimate of drug-likeness (QED) is 0.321. The maximum Gasteiger partial charge on any atom is 0.318 e. The zero-order valence-corrected chi connectivity index (χ0v) is 25.6. The van der Waals surface area contributed by atoms with Crippen molar-refractivity contribution in [2.75, 3.05) is 44.7 Å². The summed E-state index contributed by atoms with van der Waals surface area (Å²) >= 11 is 6.70. The first kappa shape index (κ1) is 29.2. The number of halogens is 1. The predicted molar refractivity (Wildman–Crippen MR) is 171 cm³/mol. The van der Waals surface area contributed by atoms with Gasteiger partial charge in [-0.3, -0.25) is 4.79 Å². The maximum absolute atomic E-state index is 12.8. The second kappa shape index (κ2) is 12.7. The number of nitrogens with zero attached hydrogens (tertiary/aromatic N) is 6. The third kappa shape index (κ3) is 5.97. The number of allylic oxidation sites excluding steroid dienone is 2. The molecule has 8 nitrogen and oxygen atoms in total. The number of likely N-dealkylation sites (N-methyl/N-ethyl adjacent to an activating group) is 1. The SMILES string of the molecule is C/C=C/C(=O)N1CCN(c2nc(OC[C@@H]3CCCN3C)nc3c2CCC(c2cccc4cccc(Cl)c24)=C3)C[C@@H]1CC#N. The molecule has 0 saturated carbocycles. The van der Waals surface area contributed by atoms with Gasteiger partial charge in [0, 0.05) is 41.6 Å². The van der Waals surface area contributed by atoms with Crippen molar-refractivity contribution in [3.63, 3.8) is 0 Å². The molecule has 43 heavy (non-hydrogen) atoms. The molecule has 2 atom stereocenters. The number of anilines is 1. The van der Waals surface area contributed by atoms with Gasteiger partial charge in [-0.15, -0.1) is 0 Å². The molecule has 6 rings (SSSR count). The highest BCUT2D eigenvalue weighted by molar-refractivity contribution is 6.36. The van der Waals surface area contributed by atoms with E-state index in [2.05, 4.69) is 53.3 Å². The van der Waals surface area contributed by atoms with E-state index in [9.17, 15) is 10.1 Å². The number of ether oxygens (including phenoxy) is 1. The first-order valence-corrected chi connectivity index (χ1v) is 15.5. The first-order chi connectivity index (χ1) is 21.0. The van der Waals surface area contributed by atoms with Crippen LogP contribution in [0.25, 0.3) is 22.4 Å². The summed E-state index contributed by atoms with van der Waals surface area (Å²) in [5, 5.41) is 12.5. The summed E-state index contributed by atoms with van der Waals surface area (Å²) in [5.74, 6) is 0.783. The number of piperazine rings is 1. The van der Waals surface area contributed by atoms with Crippen molar-refractivity contribution in [1.29, 1.82) is 5.26 Å². The van der Waals surface area contributed by atoms with Gasteiger partial charge in [-0.2, -0.15) is 15.2 Å². The van der Waals surface area contributed by atoms with Gasteiger partial charge in [0.1, 0.15) is 12.4 Å². The van der Waals surface area contributed by atoms with Crippen LogP contribution in [0, 0.1) is 11.3 Å². The molecule has 1 amide bonds. The first-order valence-electron chi connectivity index (χ1n) is 15.1. The van der Waals surface area contributed by atoms with Crippen molar-refractivity contribution in [3.8, 4) is 12.1 Å². The zero-order valence-electron chi connectivity index (χ0n) is 24.8. The van der Waals surface area contributed by atoms with E-state index in [1.807, 2.05) is 24.0 Å². The number of likely N-dealkylation sites (tertiary alicyclic amines) is 1. The Labute approximate surface area is 258 Å². The minimum Gasteiger partial charge on any atom is -0.462 e. The Balaban J connectivity index is 1.38. The summed E-state index contributed by atoms with van der Waals surface area (Å²) in [4.78, 5) is 29.1. The van der Waals surface area contributed by atoms with Crippen molar-refractivity contribution < 1.29 is 9.53 Å². The number of fused-ring (bicyclic) bond motifs is 2. The van der Waals surface area contributed by atoms with Crippen LogP contribution in [0.5, 0.6) is 6.01 Å². The highest BCUT2D eigenvalue weighted by Crippen LogP contribution is 2.39. The fourth-order valence-electron chi connectivity index (χ4n) is 6.64. The molecule has 1 aliphatic carbocycles. The molecular formula is C34H37ClN6O2. The summed E-state index contributed by atoms with van der Waals surface area (Å²) < 4.78 is 6.29. The van der Waals surface area contributed by atoms with Gasteiger partial charge in [0.2, 0.25) is 5.91 Å². The molecule has 2 fully saturated rings. The van der Waals surface area contributed by atoms with Crippen molar-refractivity contribution >= 4 is 45.7 Å². The molecule has 0 N–H and O–H groups in total. The van der Waals surface area contributed by atoms with E-state index in [1.54, 1.807) is 12.2 Å². The Hall–Kier alpha value is -3.93. The number of rotatable bonds is 7. The van der Waals surface area contributed by atoms with Crippen LogP contribution in [-0.4, -0.2) is 77.6 Å². The van der Waals surface area contributed by atoms with E-state index < -0.39 is 0 Å². The van der Waals surface area contributed by atoms with E-state index in [0.29, 0.717) is 38.3 Å². The smallest absolute Gasteiger partial charge is 0.318 e. The Bertz CT molecular complexity index is 1620. The van der Waals surface area contributed by atoms with Crippen molar-refractivity contribution in [1.82, 2.24) is 19.8 Å². The molecule has 2 saturated heterocycles. The summed E-state index contributed by atoms with van der Waals surface area (Å²) in [6.07, 6.45) is 9.59. The molecular weight excluding hydrogens is 560 g/mol. The summed E-state index contributed by atoms with van der Waals surface area (Å²) in [6, 6.07) is 15.1. The molecule has 222 valence electrons. The maximum atomic E-state index is 12.8. The van der Waals surface area contributed by atoms with Crippen LogP contribution in [0.3, 0.4) is 0 Å². The van der Waals surface area contributed by atoms with Crippen LogP contribution in [0.1, 0.15) is 49.4 Å². The molecule has 3 aromatic rings. The fourth-order valence-corrected chi connectivity index (χ4v) is 6.93. The second-order valence-corrected chi connectivity index (χ2v) is 12.0. The van der Waals surface area contributed by atoms with Crippen molar-refractivity contribution in [2.45, 2.75) is 51.1 Å². The Morgan fingerprint density at radius 3 is 2.74 bits per heavy atom. The molecule has 2 aromatic carbocycles. The van der Waals surface area contributed by atoms with Crippen LogP contribution < -0.4 is 9.64 Å². The fraction of sp³-hybridized carbons (Fsp3) is 0.412. The Morgan fingerprint density at radius 2 is 1.98 bits per heavy atom. The second-order valence-electron chi connectivity index (χ2n) is 11.6. The summed E-state index contributed by atoms with van der Waals surface area (Å²) in [6.45, 7) is 5.11. The van der Waals surface area contributed by atoms with Gasteiger partial charge in [0.05, 0.1) is 24.2 Å². The van der Waals surface area contributed by atoms with Gasteiger partial charge >= 0.3 is 6.01 Å². The number of benzene rings is 2. The summed E-state index contributed by atoms with van der Waals surface area (Å²) in [7, 11) is 2.13. The van der Waals surface area contributed by atoms with E-state index >= 15 is 0 Å². The van der Waals surface area contributed by atoms with Crippen LogP contribution in [0.15, 0.2) is 48.6 Å². The number of amides is 1. The third-order valence-electron chi connectivity index (χ3n) is 8.93. The topological polar surface area (TPSA) is 85.6 Å². The van der Waals surface area contributed by atoms with Crippen molar-refractivity contribution in [3.05, 3.63) is 70.4 Å². The lowest BCUT2D eigenvalue weighted by molar-refractivity contribution is -0.128. The predicted octanol–water partition coefficient (Wildman–Crippen LogP) is 5.75. The molecule has 2 aliphatic heterocycles. The van der Waals surface area contributed by atoms with Crippen LogP contribution in [-0.2, 0) is 11.2 Å². The Kier molecular flexibility index (Phi) is 8.64. The summed E-state index contributed by atoms with van der Waals surface area (Å²) in [5.41, 5.74) is 4.23. The molecule has 0 radical (unpaired) electrons. The lowest BCUT2D eigenvalue weighted by atomic mass is 9.88. The average molecular weight is 597 g/mol. The number of hydrogen-bond donors (Lipinski definition) is 0. The molecule has 9 heteroatoms. The number of nitriles is 1. The van der Waals surface area contributed by atoms with E-state index in [-0.39, 0.29) is 18.4 Å². The number of aromatic nitrogens is 2. The van der Waals surface area contributed by atoms with E-state index in [4.69, 9.17) is 26.3 Å². The van der Waals surface area contributed by atoms with Crippen molar-refractivity contribution in [2.24, 2.45) is 0 Å². The van der Waals surface area contributed by atoms with Gasteiger partial charge in [-0.05, 0) is 80.9 Å². The lowest BCUT2D eigenvalue weighted by Crippen LogP contribution is -2.55. The molecule has 0 spiro atoms. The van der Waals surface area contributed by atoms with Gasteiger partial charge in [-0.1, -0.05) is 48.0 Å². The Morgan fingerprint density at radius 1 is 1.14 bits per heavy atom. The molecule has 1 aromatic heterocycles. The third-order valence-corrected chi connectivity index (χ3v) is 9.24. The lowest BCUT2D eigenvalue weighted by Gasteiger charge is -2.41. The highest BCUT2D eigenvalue weighted by atomic mass is 35.5. The van der Waals surface area contributed by atoms with E-state index in [0.717, 1.165) is 70.7 Å². The number of hydrogen-bond acceptors (Lipinski definition) is 7. The number of carbonyl (C=O) groups is 1. The molecule has 3 heterocycles. The van der Waals surface area contributed by atoms with Gasteiger partial charge < -0.3 is 19.4 Å². The molecule has 3 aliphatic rings. The van der Waals surface area contributed by atoms with Gasteiger partial charge in [-0.25, -0.2) is 0 Å². The molecule has 0 bridgehead atoms. The van der Waals surface area contributed by atoms with E-state index in [1.165, 1.54) is 5.57 Å². The standard InChI is InChI=1S/C34H37ClN6O2/c1-3-7-31(42)41-19-18-40(21-25(41)15-16-36)33-28-14-13-24(27-11-4-8-23-9-5-12-29(35)32(23)27)20-30(28)37-34(38-33)43-22-26-10-6-17-39(26)2/h3-5,7-9,11-12,20,25-26H,6,10,13-15,17-19,21-22H2,1-2H3/b7-3+/t25-,26-/m0/s1. The van der Waals surface area contributed by atoms with Crippen LogP contribution in [0.2, 0.25) is 5.02 Å². The van der Waals surface area contributed by atoms with Gasteiger partial charge in [0.15, 0.2) is 0 Å². The minimum atomic E-state index is -0.225. The normalized spacial score (nSPS) is 20.7. The molecule has 0 unspecified atom stereocenters. The largest absolute Gasteiger partial charge is 0.462 e. The minimum absolute atomic E-state index is 0.0573. The average Bonchev–Trinajstić information content (AvgIpc) is 3.43. The number of carbonyl (C=O) groups excluding carboxylic acids is 1.